The minimum absolute atomic E-state index is 0.661. The summed E-state index contributed by atoms with van der Waals surface area (Å²) in [4.78, 5) is 4.59. The fourth-order valence-corrected chi connectivity index (χ4v) is 3.09. The molecule has 0 aliphatic heterocycles. The number of nitrogens with zero attached hydrogens (tertiary/aromatic N) is 4. The average molecular weight is 359 g/mol. The number of ether oxygens (including phenoxy) is 1. The second-order valence-electron chi connectivity index (χ2n) is 6.40. The van der Waals surface area contributed by atoms with Gasteiger partial charge in [-0.3, -0.25) is 0 Å². The van der Waals surface area contributed by atoms with Crippen LogP contribution in [0.3, 0.4) is 0 Å². The van der Waals surface area contributed by atoms with Gasteiger partial charge in [-0.1, -0.05) is 18.2 Å². The summed E-state index contributed by atoms with van der Waals surface area (Å²) in [5, 5.41) is 11.9. The molecule has 0 aliphatic rings. The molecule has 27 heavy (non-hydrogen) atoms. The summed E-state index contributed by atoms with van der Waals surface area (Å²) in [5.41, 5.74) is 5.00. The Bertz CT molecular complexity index is 1090. The molecule has 0 fully saturated rings. The molecule has 136 valence electrons. The third kappa shape index (κ3) is 3.33. The van der Waals surface area contributed by atoms with Crippen LogP contribution in [-0.2, 0) is 13.6 Å². The third-order valence-electron chi connectivity index (χ3n) is 4.69. The average Bonchev–Trinajstić information content (AvgIpc) is 3.00. The lowest BCUT2D eigenvalue weighted by atomic mass is 10.1. The molecule has 4 rings (SSSR count). The van der Waals surface area contributed by atoms with E-state index in [-0.39, 0.29) is 0 Å². The van der Waals surface area contributed by atoms with Crippen molar-refractivity contribution >= 4 is 16.9 Å². The van der Waals surface area contributed by atoms with Gasteiger partial charge in [0.1, 0.15) is 17.4 Å². The number of hydrogen-bond donors (Lipinski definition) is 1. The normalized spacial score (nSPS) is 10.9. The first-order valence-corrected chi connectivity index (χ1v) is 8.78. The van der Waals surface area contributed by atoms with Crippen molar-refractivity contribution in [2.45, 2.75) is 13.5 Å². The van der Waals surface area contributed by atoms with Crippen molar-refractivity contribution in [1.82, 2.24) is 19.7 Å². The van der Waals surface area contributed by atoms with E-state index in [4.69, 9.17) is 4.74 Å². The van der Waals surface area contributed by atoms with E-state index < -0.39 is 0 Å². The van der Waals surface area contributed by atoms with Crippen molar-refractivity contribution in [3.63, 3.8) is 0 Å². The Hall–Kier alpha value is -3.41. The number of imidazole rings is 1. The molecule has 4 aromatic rings. The van der Waals surface area contributed by atoms with Gasteiger partial charge < -0.3 is 14.6 Å². The van der Waals surface area contributed by atoms with Gasteiger partial charge in [-0.15, -0.1) is 10.2 Å². The van der Waals surface area contributed by atoms with E-state index in [9.17, 15) is 0 Å². The Labute approximate surface area is 157 Å². The largest absolute Gasteiger partial charge is 0.496 e. The lowest BCUT2D eigenvalue weighted by Crippen LogP contribution is -2.03. The zero-order valence-electron chi connectivity index (χ0n) is 15.6. The predicted molar refractivity (Wildman–Crippen MR) is 107 cm³/mol. The van der Waals surface area contributed by atoms with E-state index in [1.54, 1.807) is 7.11 Å². The molecule has 0 saturated carbocycles. The number of para-hydroxylation sites is 1. The molecule has 2 aromatic heterocycles. The van der Waals surface area contributed by atoms with E-state index >= 15 is 0 Å². The number of aryl methyl sites for hydroxylation is 2. The van der Waals surface area contributed by atoms with Crippen LogP contribution in [0.25, 0.3) is 22.3 Å². The molecular formula is C21H21N5O. The van der Waals surface area contributed by atoms with Crippen molar-refractivity contribution in [3.8, 4) is 17.0 Å². The van der Waals surface area contributed by atoms with Gasteiger partial charge >= 0.3 is 0 Å². The SMILES string of the molecule is COc1ccccc1-c1ccc(NCc2ccc3c(c2)nc(C)n3C)nn1. The fraction of sp³-hybridized carbons (Fsp3) is 0.190. The van der Waals surface area contributed by atoms with Crippen molar-refractivity contribution < 1.29 is 4.74 Å². The van der Waals surface area contributed by atoms with Crippen LogP contribution in [-0.4, -0.2) is 26.9 Å². The quantitative estimate of drug-likeness (QED) is 0.584. The molecule has 0 bridgehead atoms. The van der Waals surface area contributed by atoms with Gasteiger partial charge in [-0.05, 0) is 48.9 Å². The summed E-state index contributed by atoms with van der Waals surface area (Å²) in [6, 6.07) is 18.0. The number of aromatic nitrogens is 4. The van der Waals surface area contributed by atoms with E-state index in [2.05, 4.69) is 43.3 Å². The smallest absolute Gasteiger partial charge is 0.148 e. The number of rotatable bonds is 5. The van der Waals surface area contributed by atoms with Gasteiger partial charge in [0, 0.05) is 19.2 Å². The molecule has 0 spiro atoms. The lowest BCUT2D eigenvalue weighted by Gasteiger charge is -2.08. The molecule has 2 heterocycles. The van der Waals surface area contributed by atoms with E-state index in [0.29, 0.717) is 6.54 Å². The number of methoxy groups -OCH3 is 1. The number of hydrogen-bond acceptors (Lipinski definition) is 5. The molecule has 0 saturated heterocycles. The van der Waals surface area contributed by atoms with Crippen molar-refractivity contribution in [2.24, 2.45) is 7.05 Å². The van der Waals surface area contributed by atoms with Crippen LogP contribution in [0.2, 0.25) is 0 Å². The lowest BCUT2D eigenvalue weighted by molar-refractivity contribution is 0.416. The first kappa shape index (κ1) is 17.0. The number of anilines is 1. The summed E-state index contributed by atoms with van der Waals surface area (Å²) in [6.07, 6.45) is 0. The second-order valence-corrected chi connectivity index (χ2v) is 6.40. The molecule has 0 radical (unpaired) electrons. The van der Waals surface area contributed by atoms with Crippen LogP contribution < -0.4 is 10.1 Å². The molecule has 0 amide bonds. The summed E-state index contributed by atoms with van der Waals surface area (Å²) < 4.78 is 7.48. The molecule has 0 atom stereocenters. The minimum Gasteiger partial charge on any atom is -0.496 e. The van der Waals surface area contributed by atoms with Gasteiger partial charge in [0.05, 0.1) is 23.8 Å². The monoisotopic (exact) mass is 359 g/mol. The van der Waals surface area contributed by atoms with Gasteiger partial charge in [0.2, 0.25) is 0 Å². The van der Waals surface area contributed by atoms with Crippen LogP contribution in [0, 0.1) is 6.92 Å². The van der Waals surface area contributed by atoms with Crippen LogP contribution >= 0.6 is 0 Å². The summed E-state index contributed by atoms with van der Waals surface area (Å²) in [5.74, 6) is 2.52. The first-order valence-electron chi connectivity index (χ1n) is 8.78. The van der Waals surface area contributed by atoms with Crippen LogP contribution in [0.4, 0.5) is 5.82 Å². The maximum absolute atomic E-state index is 5.39. The van der Waals surface area contributed by atoms with Gasteiger partial charge in [-0.25, -0.2) is 4.98 Å². The Kier molecular flexibility index (Phi) is 4.46. The maximum atomic E-state index is 5.39. The standard InChI is InChI=1S/C21H21N5O/c1-14-23-18-12-15(8-10-19(18)26(14)2)13-22-21-11-9-17(24-25-21)16-6-4-5-7-20(16)27-3/h4-12H,13H2,1-3H3,(H,22,25). The molecule has 0 aliphatic carbocycles. The van der Waals surface area contributed by atoms with Crippen LogP contribution in [0.5, 0.6) is 5.75 Å². The Morgan fingerprint density at radius 1 is 1.04 bits per heavy atom. The van der Waals surface area contributed by atoms with E-state index in [0.717, 1.165) is 45.2 Å². The summed E-state index contributed by atoms with van der Waals surface area (Å²) >= 11 is 0. The highest BCUT2D eigenvalue weighted by molar-refractivity contribution is 5.76. The molecule has 0 unspecified atom stereocenters. The predicted octanol–water partition coefficient (Wildman–Crippen LogP) is 3.96. The molecule has 2 aromatic carbocycles. The first-order chi connectivity index (χ1) is 13.2. The van der Waals surface area contributed by atoms with Gasteiger partial charge in [0.15, 0.2) is 0 Å². The Morgan fingerprint density at radius 2 is 1.89 bits per heavy atom. The van der Waals surface area contributed by atoms with E-state index in [1.807, 2.05) is 50.4 Å². The number of nitrogens with one attached hydrogen (secondary N) is 1. The Morgan fingerprint density at radius 3 is 2.67 bits per heavy atom. The highest BCUT2D eigenvalue weighted by Gasteiger charge is 2.08. The molecule has 1 N–H and O–H groups in total. The Balaban J connectivity index is 1.49. The van der Waals surface area contributed by atoms with Crippen LogP contribution in [0.1, 0.15) is 11.4 Å². The van der Waals surface area contributed by atoms with E-state index in [1.165, 1.54) is 0 Å². The highest BCUT2D eigenvalue weighted by atomic mass is 16.5. The molecule has 6 nitrogen and oxygen atoms in total. The van der Waals surface area contributed by atoms with Crippen molar-refractivity contribution in [3.05, 3.63) is 66.0 Å². The second kappa shape index (κ2) is 7.07. The topological polar surface area (TPSA) is 64.9 Å². The van der Waals surface area contributed by atoms with Gasteiger partial charge in [0.25, 0.3) is 0 Å². The fourth-order valence-electron chi connectivity index (χ4n) is 3.09. The number of fused-ring (bicyclic) bond motifs is 1. The zero-order valence-corrected chi connectivity index (χ0v) is 15.6. The van der Waals surface area contributed by atoms with Gasteiger partial charge in [-0.2, -0.15) is 0 Å². The number of benzene rings is 2. The minimum atomic E-state index is 0.661. The molecular weight excluding hydrogens is 338 g/mol. The third-order valence-corrected chi connectivity index (χ3v) is 4.69. The summed E-state index contributed by atoms with van der Waals surface area (Å²) in [6.45, 7) is 2.67. The van der Waals surface area contributed by atoms with Crippen LogP contribution in [0.15, 0.2) is 54.6 Å². The highest BCUT2D eigenvalue weighted by Crippen LogP contribution is 2.27. The van der Waals surface area contributed by atoms with Crippen molar-refractivity contribution in [2.75, 3.05) is 12.4 Å². The molecule has 6 heteroatoms. The maximum Gasteiger partial charge on any atom is 0.148 e. The van der Waals surface area contributed by atoms with Crippen molar-refractivity contribution in [1.29, 1.82) is 0 Å². The summed E-state index contributed by atoms with van der Waals surface area (Å²) in [7, 11) is 3.68. The zero-order chi connectivity index (χ0) is 18.8.